The number of hydrogen-bond donors (Lipinski definition) is 0. The van der Waals surface area contributed by atoms with Gasteiger partial charge in [0.25, 0.3) is 0 Å². The van der Waals surface area contributed by atoms with Crippen molar-refractivity contribution in [2.45, 2.75) is 26.1 Å². The van der Waals surface area contributed by atoms with E-state index in [9.17, 15) is 8.42 Å². The first-order chi connectivity index (χ1) is 26.8. The van der Waals surface area contributed by atoms with Crippen LogP contribution in [-0.2, 0) is 40.6 Å². The van der Waals surface area contributed by atoms with Gasteiger partial charge in [0.15, 0.2) is 9.84 Å². The molecule has 286 valence electrons. The molecule has 2 aromatic heterocycles. The Kier molecular flexibility index (Phi) is 10.8. The van der Waals surface area contributed by atoms with Crippen LogP contribution in [0.25, 0.3) is 11.3 Å². The molecule has 14 heteroatoms. The highest BCUT2D eigenvalue weighted by atomic mass is 32.2. The molecule has 0 unspecified atom stereocenters. The molecule has 0 radical (unpaired) electrons. The first-order valence-corrected chi connectivity index (χ1v) is 20.5. The lowest BCUT2D eigenvalue weighted by Gasteiger charge is -2.28. The Balaban J connectivity index is 1.08. The van der Waals surface area contributed by atoms with E-state index in [1.54, 1.807) is 14.2 Å². The highest BCUT2D eigenvalue weighted by Gasteiger charge is 2.30. The van der Waals surface area contributed by atoms with Crippen molar-refractivity contribution < 1.29 is 22.6 Å². The zero-order valence-corrected chi connectivity index (χ0v) is 32.1. The minimum Gasteiger partial charge on any atom is -0.497 e. The molecular formula is C41H46N8O5S. The van der Waals surface area contributed by atoms with Gasteiger partial charge < -0.3 is 28.9 Å². The van der Waals surface area contributed by atoms with Gasteiger partial charge in [-0.05, 0) is 59.5 Å². The second-order valence-electron chi connectivity index (χ2n) is 14.1. The van der Waals surface area contributed by atoms with Gasteiger partial charge in [-0.3, -0.25) is 4.90 Å². The summed E-state index contributed by atoms with van der Waals surface area (Å²) in [7, 11) is 0.428. The number of aromatic nitrogens is 4. The molecule has 0 spiro atoms. The summed E-state index contributed by atoms with van der Waals surface area (Å²) in [4.78, 5) is 29.0. The standard InChI is InChI=1S/C41H46N8O5S/c1-52-35-11-5-31(6-12-35)28-48(29-32-7-13-36(53-2)14-8-32)40-42-25-33(26-43-40)38-37-15-16-49(39(37)45-41(44-38)47-17-21-54-22-18-47)34-9-3-30(4-10-34)27-46-19-23-55(50,51)24-20-46/h3-14,25-26H,15-24,27-29H2,1-2H3. The average molecular weight is 763 g/mol. The van der Waals surface area contributed by atoms with Crippen LogP contribution in [0.1, 0.15) is 22.3 Å². The highest BCUT2D eigenvalue weighted by molar-refractivity contribution is 7.91. The predicted molar refractivity (Wildman–Crippen MR) is 213 cm³/mol. The van der Waals surface area contributed by atoms with Crippen LogP contribution >= 0.6 is 0 Å². The van der Waals surface area contributed by atoms with Gasteiger partial charge in [-0.1, -0.05) is 36.4 Å². The number of rotatable bonds is 12. The SMILES string of the molecule is COc1ccc(CN(Cc2ccc(OC)cc2)c2ncc(-c3nc(N4CCOCC4)nc4c3CCN4c3ccc(CN4CCS(=O)(=O)CC4)cc3)cn2)cc1. The molecular weight excluding hydrogens is 717 g/mol. The van der Waals surface area contributed by atoms with E-state index in [1.165, 1.54) is 0 Å². The van der Waals surface area contributed by atoms with Crippen LogP contribution in [0.5, 0.6) is 11.5 Å². The number of sulfone groups is 1. The minimum absolute atomic E-state index is 0.225. The van der Waals surface area contributed by atoms with Crippen molar-refractivity contribution in [1.82, 2.24) is 24.8 Å². The number of benzene rings is 3. The van der Waals surface area contributed by atoms with Crippen molar-refractivity contribution in [3.63, 3.8) is 0 Å². The van der Waals surface area contributed by atoms with Gasteiger partial charge in [-0.15, -0.1) is 0 Å². The first-order valence-electron chi connectivity index (χ1n) is 18.7. The number of methoxy groups -OCH3 is 2. The Labute approximate surface area is 322 Å². The van der Waals surface area contributed by atoms with Crippen LogP contribution < -0.4 is 24.2 Å². The molecule has 3 aromatic carbocycles. The van der Waals surface area contributed by atoms with Crippen LogP contribution in [0.4, 0.5) is 23.4 Å². The van der Waals surface area contributed by atoms with Crippen LogP contribution in [0, 0.1) is 0 Å². The van der Waals surface area contributed by atoms with Gasteiger partial charge >= 0.3 is 0 Å². The number of fused-ring (bicyclic) bond motifs is 1. The van der Waals surface area contributed by atoms with E-state index in [0.29, 0.717) is 64.4 Å². The van der Waals surface area contributed by atoms with Crippen LogP contribution in [0.15, 0.2) is 85.2 Å². The molecule has 5 heterocycles. The van der Waals surface area contributed by atoms with Gasteiger partial charge in [-0.2, -0.15) is 4.98 Å². The maximum atomic E-state index is 11.9. The summed E-state index contributed by atoms with van der Waals surface area (Å²) >= 11 is 0. The van der Waals surface area contributed by atoms with E-state index in [4.69, 9.17) is 34.1 Å². The summed E-state index contributed by atoms with van der Waals surface area (Å²) in [5, 5.41) is 0. The quantitative estimate of drug-likeness (QED) is 0.171. The predicted octanol–water partition coefficient (Wildman–Crippen LogP) is 4.92. The highest BCUT2D eigenvalue weighted by Crippen LogP contribution is 2.39. The molecule has 13 nitrogen and oxygen atoms in total. The lowest BCUT2D eigenvalue weighted by Crippen LogP contribution is -2.39. The van der Waals surface area contributed by atoms with Gasteiger partial charge in [-0.25, -0.2) is 23.4 Å². The lowest BCUT2D eigenvalue weighted by molar-refractivity contribution is 0.122. The summed E-state index contributed by atoms with van der Waals surface area (Å²) < 4.78 is 40.3. The molecule has 3 aliphatic heterocycles. The van der Waals surface area contributed by atoms with E-state index >= 15 is 0 Å². The zero-order valence-electron chi connectivity index (χ0n) is 31.3. The van der Waals surface area contributed by atoms with E-state index in [-0.39, 0.29) is 11.5 Å². The van der Waals surface area contributed by atoms with Gasteiger partial charge in [0.2, 0.25) is 11.9 Å². The number of ether oxygens (including phenoxy) is 3. The normalized spacial score (nSPS) is 16.8. The summed E-state index contributed by atoms with van der Waals surface area (Å²) in [5.74, 6) is 4.25. The van der Waals surface area contributed by atoms with Crippen molar-refractivity contribution in [2.75, 3.05) is 86.4 Å². The van der Waals surface area contributed by atoms with Crippen LogP contribution in [0.3, 0.4) is 0 Å². The fourth-order valence-corrected chi connectivity index (χ4v) is 8.57. The van der Waals surface area contributed by atoms with Gasteiger partial charge in [0.1, 0.15) is 17.3 Å². The molecule has 5 aromatic rings. The van der Waals surface area contributed by atoms with Crippen molar-refractivity contribution >= 4 is 33.2 Å². The van der Waals surface area contributed by atoms with Crippen LogP contribution in [-0.4, -0.2) is 105 Å². The Bertz CT molecular complexity index is 2120. The molecule has 0 saturated carbocycles. The third-order valence-corrected chi connectivity index (χ3v) is 12.1. The minimum atomic E-state index is -2.91. The molecule has 0 amide bonds. The monoisotopic (exact) mass is 762 g/mol. The second kappa shape index (κ2) is 16.2. The fourth-order valence-electron chi connectivity index (χ4n) is 7.29. The smallest absolute Gasteiger partial charge is 0.228 e. The maximum absolute atomic E-state index is 11.9. The zero-order chi connectivity index (χ0) is 37.8. The largest absolute Gasteiger partial charge is 0.497 e. The molecule has 0 atom stereocenters. The lowest BCUT2D eigenvalue weighted by atomic mass is 10.1. The maximum Gasteiger partial charge on any atom is 0.228 e. The molecule has 3 aliphatic rings. The Morgan fingerprint density at radius 1 is 0.727 bits per heavy atom. The number of morpholine rings is 1. The number of hydrogen-bond acceptors (Lipinski definition) is 13. The molecule has 0 aliphatic carbocycles. The molecule has 2 saturated heterocycles. The van der Waals surface area contributed by atoms with E-state index in [0.717, 1.165) is 76.0 Å². The van der Waals surface area contributed by atoms with E-state index < -0.39 is 9.84 Å². The Morgan fingerprint density at radius 3 is 1.89 bits per heavy atom. The number of nitrogens with zero attached hydrogens (tertiary/aromatic N) is 8. The number of anilines is 4. The topological polar surface area (TPSA) is 126 Å². The summed E-state index contributed by atoms with van der Waals surface area (Å²) in [6, 6.07) is 24.7. The van der Waals surface area contributed by atoms with Crippen molar-refractivity contribution in [3.8, 4) is 22.8 Å². The molecule has 8 rings (SSSR count). The Hall–Kier alpha value is -5.31. The van der Waals surface area contributed by atoms with Crippen molar-refractivity contribution in [2.24, 2.45) is 0 Å². The average Bonchev–Trinajstić information content (AvgIpc) is 3.66. The summed E-state index contributed by atoms with van der Waals surface area (Å²) in [5.41, 5.74) is 7.19. The van der Waals surface area contributed by atoms with Gasteiger partial charge in [0.05, 0.1) is 44.6 Å². The van der Waals surface area contributed by atoms with E-state index in [1.807, 2.05) is 36.7 Å². The molecule has 0 bridgehead atoms. The Morgan fingerprint density at radius 2 is 1.31 bits per heavy atom. The third-order valence-electron chi connectivity index (χ3n) is 10.5. The van der Waals surface area contributed by atoms with E-state index in [2.05, 4.69) is 68.1 Å². The second-order valence-corrected chi connectivity index (χ2v) is 16.4. The molecule has 0 N–H and O–H groups in total. The molecule has 2 fully saturated rings. The van der Waals surface area contributed by atoms with Crippen LogP contribution in [0.2, 0.25) is 0 Å². The summed E-state index contributed by atoms with van der Waals surface area (Å²) in [6.07, 6.45) is 4.54. The summed E-state index contributed by atoms with van der Waals surface area (Å²) in [6.45, 7) is 6.53. The third kappa shape index (κ3) is 8.51. The first kappa shape index (κ1) is 36.7. The van der Waals surface area contributed by atoms with Crippen molar-refractivity contribution in [3.05, 3.63) is 107 Å². The van der Waals surface area contributed by atoms with Gasteiger partial charge in [0, 0.05) is 81.6 Å². The molecule has 55 heavy (non-hydrogen) atoms. The van der Waals surface area contributed by atoms with Crippen molar-refractivity contribution in [1.29, 1.82) is 0 Å². The fraction of sp³-hybridized carbons (Fsp3) is 0.366.